The minimum Gasteiger partial charge on any atom is -0.507 e. The molecule has 4 amide bonds. The van der Waals surface area contributed by atoms with Gasteiger partial charge in [0.05, 0.1) is 22.3 Å². The number of aromatic hydroxyl groups is 1. The summed E-state index contributed by atoms with van der Waals surface area (Å²) in [5.41, 5.74) is -0.361. The highest BCUT2D eigenvalue weighted by molar-refractivity contribution is 9.09. The lowest BCUT2D eigenvalue weighted by Crippen LogP contribution is -2.60. The predicted octanol–water partition coefficient (Wildman–Crippen LogP) is 5.53. The second kappa shape index (κ2) is 10.6. The number of anilines is 1. The standard InChI is InChI=1S/C29H23BrCl3F3N4O5/c1-12-4-3-5-15(21(12)41)20-13-6-7-14-19(16(13)10-27(32)25(44)39(11-30)26(45)28(20,27)33)24(43)40(23(14)42)38(2)22-17(31)8-9-18(37-22)29(34,35)36/h3-6,8-9,14,16,19-20,41H,7,10-11H2,1-2H3. The number of phenols is 1. The monoisotopic (exact) mass is 748 g/mol. The number of hydrazine groups is 1. The number of hydrogen-bond acceptors (Lipinski definition) is 7. The van der Waals surface area contributed by atoms with E-state index in [4.69, 9.17) is 34.8 Å². The number of carbonyl (C=O) groups excluding carboxylic acids is 4. The van der Waals surface area contributed by atoms with Crippen molar-refractivity contribution in [2.24, 2.45) is 17.8 Å². The number of hydrogen-bond donors (Lipinski definition) is 1. The van der Waals surface area contributed by atoms with Gasteiger partial charge in [0, 0.05) is 18.5 Å². The van der Waals surface area contributed by atoms with Crippen LogP contribution in [0, 0.1) is 24.7 Å². The van der Waals surface area contributed by atoms with Gasteiger partial charge in [-0.05, 0) is 43.4 Å². The molecule has 2 saturated heterocycles. The lowest BCUT2D eigenvalue weighted by atomic mass is 9.56. The second-order valence-electron chi connectivity index (χ2n) is 11.5. The third kappa shape index (κ3) is 4.29. The maximum atomic E-state index is 14.2. The molecule has 1 aromatic carbocycles. The molecule has 6 rings (SSSR count). The van der Waals surface area contributed by atoms with Gasteiger partial charge < -0.3 is 5.11 Å². The van der Waals surface area contributed by atoms with Crippen LogP contribution in [-0.2, 0) is 25.4 Å². The lowest BCUT2D eigenvalue weighted by Gasteiger charge is -2.50. The first-order valence-electron chi connectivity index (χ1n) is 13.6. The molecule has 0 spiro atoms. The molecule has 3 fully saturated rings. The Labute approximate surface area is 278 Å². The number of halogens is 7. The predicted molar refractivity (Wildman–Crippen MR) is 161 cm³/mol. The summed E-state index contributed by atoms with van der Waals surface area (Å²) in [5.74, 6) is -7.91. The zero-order chi connectivity index (χ0) is 33.0. The Balaban J connectivity index is 1.48. The van der Waals surface area contributed by atoms with E-state index in [1.165, 1.54) is 7.05 Å². The van der Waals surface area contributed by atoms with Crippen LogP contribution in [0.5, 0.6) is 5.75 Å². The highest BCUT2D eigenvalue weighted by Crippen LogP contribution is 2.66. The molecule has 1 N–H and O–H groups in total. The maximum absolute atomic E-state index is 14.2. The van der Waals surface area contributed by atoms with Gasteiger partial charge in [-0.25, -0.2) is 4.98 Å². The number of phenolic OH excluding ortho intramolecular Hbond substituents is 1. The van der Waals surface area contributed by atoms with Crippen molar-refractivity contribution in [3.05, 3.63) is 63.8 Å². The van der Waals surface area contributed by atoms with Crippen molar-refractivity contribution in [2.75, 3.05) is 17.5 Å². The Hall–Kier alpha value is -2.87. The van der Waals surface area contributed by atoms with Crippen LogP contribution in [0.3, 0.4) is 0 Å². The van der Waals surface area contributed by atoms with Gasteiger partial charge in [0.15, 0.2) is 15.6 Å². The summed E-state index contributed by atoms with van der Waals surface area (Å²) < 4.78 is 40.4. The first-order chi connectivity index (χ1) is 21.0. The maximum Gasteiger partial charge on any atom is 0.433 e. The average Bonchev–Trinajstić information content (AvgIpc) is 3.31. The number of likely N-dealkylation sites (tertiary alicyclic amines) is 1. The number of aryl methyl sites for hydroxylation is 1. The Morgan fingerprint density at radius 3 is 2.42 bits per heavy atom. The number of carbonyl (C=O) groups is 4. The number of allylic oxidation sites excluding steroid dienone is 2. The molecule has 2 aromatic rings. The fourth-order valence-electron chi connectivity index (χ4n) is 7.20. The van der Waals surface area contributed by atoms with Crippen molar-refractivity contribution in [3.8, 4) is 5.75 Å². The van der Waals surface area contributed by atoms with Crippen LogP contribution in [0.2, 0.25) is 5.02 Å². The summed E-state index contributed by atoms with van der Waals surface area (Å²) >= 11 is 23.7. The number of pyridine rings is 1. The number of amides is 4. The van der Waals surface area contributed by atoms with Crippen LogP contribution in [0.25, 0.3) is 0 Å². The van der Waals surface area contributed by atoms with Crippen LogP contribution in [0.15, 0.2) is 42.0 Å². The third-order valence-electron chi connectivity index (χ3n) is 9.30. The summed E-state index contributed by atoms with van der Waals surface area (Å²) in [6.07, 6.45) is -3.44. The number of rotatable bonds is 4. The summed E-state index contributed by atoms with van der Waals surface area (Å²) in [5, 5.41) is 12.5. The Bertz CT molecular complexity index is 1730. The number of benzene rings is 1. The van der Waals surface area contributed by atoms with E-state index in [1.807, 2.05) is 0 Å². The fourth-order valence-corrected chi connectivity index (χ4v) is 8.85. The molecular weight excluding hydrogens is 728 g/mol. The quantitative estimate of drug-likeness (QED) is 0.190. The molecule has 3 heterocycles. The fraction of sp³-hybridized carbons (Fsp3) is 0.414. The van der Waals surface area contributed by atoms with E-state index in [2.05, 4.69) is 20.9 Å². The number of aromatic nitrogens is 1. The molecule has 0 bridgehead atoms. The molecule has 1 saturated carbocycles. The molecule has 6 unspecified atom stereocenters. The van der Waals surface area contributed by atoms with E-state index in [0.29, 0.717) is 22.2 Å². The zero-order valence-corrected chi connectivity index (χ0v) is 27.3. The van der Waals surface area contributed by atoms with Crippen molar-refractivity contribution >= 4 is 80.2 Å². The zero-order valence-electron chi connectivity index (χ0n) is 23.4. The molecule has 9 nitrogen and oxygen atoms in total. The number of para-hydroxylation sites is 1. The van der Waals surface area contributed by atoms with Crippen LogP contribution in [-0.4, -0.2) is 65.9 Å². The van der Waals surface area contributed by atoms with E-state index >= 15 is 0 Å². The van der Waals surface area contributed by atoms with Gasteiger partial charge in [0.1, 0.15) is 11.4 Å². The summed E-state index contributed by atoms with van der Waals surface area (Å²) in [7, 11) is 1.20. The van der Waals surface area contributed by atoms with Gasteiger partial charge in [-0.1, -0.05) is 57.4 Å². The number of alkyl halides is 6. The SMILES string of the molecule is Cc1cccc(C2C3=CCC4C(=O)N(N(C)c5nc(C(F)(F)F)ccc5Cl)C(=O)C4C3CC3(Cl)C(=O)N(CBr)C(=O)C23Cl)c1O. The van der Waals surface area contributed by atoms with E-state index < -0.39 is 74.7 Å². The van der Waals surface area contributed by atoms with Crippen molar-refractivity contribution in [2.45, 2.75) is 41.6 Å². The minimum absolute atomic E-state index is 0.00475. The topological polar surface area (TPSA) is 111 Å². The summed E-state index contributed by atoms with van der Waals surface area (Å²) in [4.78, 5) is 55.8. The van der Waals surface area contributed by atoms with Gasteiger partial charge in [-0.3, -0.25) is 29.1 Å². The second-order valence-corrected chi connectivity index (χ2v) is 13.7. The largest absolute Gasteiger partial charge is 0.507 e. The molecule has 2 aliphatic carbocycles. The van der Waals surface area contributed by atoms with E-state index in [0.717, 1.165) is 16.0 Å². The molecule has 4 aliphatic rings. The van der Waals surface area contributed by atoms with E-state index in [-0.39, 0.29) is 34.6 Å². The third-order valence-corrected chi connectivity index (χ3v) is 11.5. The molecule has 1 aromatic heterocycles. The van der Waals surface area contributed by atoms with E-state index in [9.17, 15) is 37.5 Å². The molecular formula is C29H23BrCl3F3N4O5. The van der Waals surface area contributed by atoms with Crippen LogP contribution >= 0.6 is 50.7 Å². The molecule has 238 valence electrons. The summed E-state index contributed by atoms with van der Waals surface area (Å²) in [6, 6.07) is 6.50. The summed E-state index contributed by atoms with van der Waals surface area (Å²) in [6.45, 7) is 1.64. The average molecular weight is 751 g/mol. The Morgan fingerprint density at radius 1 is 1.09 bits per heavy atom. The van der Waals surface area contributed by atoms with Gasteiger partial charge in [-0.2, -0.15) is 18.2 Å². The molecule has 16 heteroatoms. The minimum atomic E-state index is -4.82. The molecule has 6 atom stereocenters. The van der Waals surface area contributed by atoms with Crippen molar-refractivity contribution in [3.63, 3.8) is 0 Å². The highest BCUT2D eigenvalue weighted by atomic mass is 79.9. The first kappa shape index (κ1) is 32.1. The van der Waals surface area contributed by atoms with Gasteiger partial charge in [0.25, 0.3) is 23.6 Å². The number of fused-ring (bicyclic) bond motifs is 4. The Morgan fingerprint density at radius 2 is 1.78 bits per heavy atom. The molecule has 45 heavy (non-hydrogen) atoms. The smallest absolute Gasteiger partial charge is 0.433 e. The number of nitrogens with zero attached hydrogens (tertiary/aromatic N) is 4. The van der Waals surface area contributed by atoms with Gasteiger partial charge >= 0.3 is 6.18 Å². The normalized spacial score (nSPS) is 31.2. The van der Waals surface area contributed by atoms with Gasteiger partial charge in [-0.15, -0.1) is 23.2 Å². The van der Waals surface area contributed by atoms with Crippen molar-refractivity contribution < 1.29 is 37.5 Å². The van der Waals surface area contributed by atoms with Crippen LogP contribution in [0.1, 0.15) is 35.6 Å². The lowest BCUT2D eigenvalue weighted by molar-refractivity contribution is -0.142. The van der Waals surface area contributed by atoms with Crippen molar-refractivity contribution in [1.82, 2.24) is 14.9 Å². The van der Waals surface area contributed by atoms with Gasteiger partial charge in [0.2, 0.25) is 0 Å². The highest BCUT2D eigenvalue weighted by Gasteiger charge is 2.76. The Kier molecular flexibility index (Phi) is 7.54. The first-order valence-corrected chi connectivity index (χ1v) is 15.9. The van der Waals surface area contributed by atoms with Crippen LogP contribution in [0.4, 0.5) is 19.0 Å². The van der Waals surface area contributed by atoms with Crippen molar-refractivity contribution in [1.29, 1.82) is 0 Å². The van der Waals surface area contributed by atoms with Crippen LogP contribution < -0.4 is 5.01 Å². The van der Waals surface area contributed by atoms with E-state index in [1.54, 1.807) is 31.2 Å². The number of imide groups is 2. The molecule has 0 radical (unpaired) electrons. The molecule has 2 aliphatic heterocycles.